The number of hydrogen-bond donors (Lipinski definition) is 1. The van der Waals surface area contributed by atoms with Crippen LogP contribution in [-0.4, -0.2) is 71.0 Å². The first-order chi connectivity index (χ1) is 19.7. The van der Waals surface area contributed by atoms with Crippen molar-refractivity contribution in [1.82, 2.24) is 20.1 Å². The number of nitrogens with zero attached hydrogens (tertiary/aromatic N) is 4. The van der Waals surface area contributed by atoms with E-state index in [1.54, 1.807) is 12.3 Å². The van der Waals surface area contributed by atoms with Crippen molar-refractivity contribution in [3.63, 3.8) is 0 Å². The second-order valence-corrected chi connectivity index (χ2v) is 12.1. The summed E-state index contributed by atoms with van der Waals surface area (Å²) in [5.74, 6) is 1.12. The quantitative estimate of drug-likeness (QED) is 0.255. The number of halogens is 3. The van der Waals surface area contributed by atoms with E-state index in [-0.39, 0.29) is 11.1 Å². The normalized spacial score (nSPS) is 24.1. The largest absolute Gasteiger partial charge is 0.476 e. The molecule has 220 valence electrons. The molecule has 2 unspecified atom stereocenters. The molecule has 6 rings (SSSR count). The van der Waals surface area contributed by atoms with E-state index in [0.717, 1.165) is 80.5 Å². The number of amidine groups is 1. The zero-order chi connectivity index (χ0) is 28.8. The summed E-state index contributed by atoms with van der Waals surface area (Å²) in [6.07, 6.45) is 4.69. The molecule has 0 radical (unpaired) electrons. The Kier molecular flexibility index (Phi) is 7.61. The smallest absolute Gasteiger partial charge is 0.417 e. The van der Waals surface area contributed by atoms with Crippen molar-refractivity contribution in [1.29, 1.82) is 0 Å². The lowest BCUT2D eigenvalue weighted by atomic mass is 9.93. The van der Waals surface area contributed by atoms with Crippen molar-refractivity contribution < 1.29 is 17.9 Å². The van der Waals surface area contributed by atoms with Gasteiger partial charge in [0.25, 0.3) is 0 Å². The van der Waals surface area contributed by atoms with E-state index >= 15 is 0 Å². The van der Waals surface area contributed by atoms with Crippen LogP contribution in [0.15, 0.2) is 47.9 Å². The number of alkyl halides is 3. The lowest BCUT2D eigenvalue weighted by Gasteiger charge is -2.36. The van der Waals surface area contributed by atoms with Crippen LogP contribution >= 0.6 is 0 Å². The van der Waals surface area contributed by atoms with Crippen molar-refractivity contribution in [2.75, 3.05) is 32.8 Å². The van der Waals surface area contributed by atoms with E-state index in [1.165, 1.54) is 25.0 Å². The highest BCUT2D eigenvalue weighted by Crippen LogP contribution is 2.40. The zero-order valence-corrected chi connectivity index (χ0v) is 24.1. The number of aliphatic imine (C=N–C) groups is 1. The Morgan fingerprint density at radius 2 is 1.83 bits per heavy atom. The standard InChI is InChI=1S/C32H40F3N5O/c1-4-25-21(2)27(17-36-29(25)26-9-5-6-10-28(26)32(33,34)35)30(39-18-23-11-12-24(19-39)38-23)37-22(3)41-20-31-13-7-15-40(31)16-8-14-31/h5-6,9-10,17,23-24,38H,3-4,7-8,11-16,18-20H2,1-2H3/b37-30+. The van der Waals surface area contributed by atoms with Crippen LogP contribution in [0.2, 0.25) is 0 Å². The fourth-order valence-electron chi connectivity index (χ4n) is 7.57. The monoisotopic (exact) mass is 567 g/mol. The minimum Gasteiger partial charge on any atom is -0.476 e. The molecule has 5 heterocycles. The molecule has 1 aromatic heterocycles. The van der Waals surface area contributed by atoms with Crippen LogP contribution < -0.4 is 5.32 Å². The van der Waals surface area contributed by atoms with Gasteiger partial charge in [0.2, 0.25) is 5.88 Å². The van der Waals surface area contributed by atoms with Crippen LogP contribution in [0.3, 0.4) is 0 Å². The first-order valence-corrected chi connectivity index (χ1v) is 15.0. The van der Waals surface area contributed by atoms with Crippen molar-refractivity contribution in [2.24, 2.45) is 4.99 Å². The summed E-state index contributed by atoms with van der Waals surface area (Å²) < 4.78 is 48.0. The highest BCUT2D eigenvalue weighted by atomic mass is 19.4. The molecule has 4 aliphatic heterocycles. The number of likely N-dealkylation sites (tertiary alicyclic amines) is 1. The number of ether oxygens (including phenoxy) is 1. The van der Waals surface area contributed by atoms with E-state index in [4.69, 9.17) is 9.73 Å². The van der Waals surface area contributed by atoms with Crippen LogP contribution in [0, 0.1) is 6.92 Å². The molecule has 0 amide bonds. The van der Waals surface area contributed by atoms with Crippen molar-refractivity contribution in [2.45, 2.75) is 82.6 Å². The molecule has 4 fully saturated rings. The van der Waals surface area contributed by atoms with Gasteiger partial charge in [0.1, 0.15) is 12.4 Å². The number of aromatic nitrogens is 1. The summed E-state index contributed by atoms with van der Waals surface area (Å²) in [5, 5.41) is 3.68. The Labute approximate surface area is 240 Å². The maximum atomic E-state index is 13.9. The van der Waals surface area contributed by atoms with Crippen LogP contribution in [-0.2, 0) is 17.3 Å². The number of hydrogen-bond acceptors (Lipinski definition) is 5. The van der Waals surface area contributed by atoms with E-state index in [1.807, 2.05) is 13.8 Å². The molecule has 4 saturated heterocycles. The van der Waals surface area contributed by atoms with Gasteiger partial charge in [-0.1, -0.05) is 25.1 Å². The lowest BCUT2D eigenvalue weighted by molar-refractivity contribution is -0.137. The van der Waals surface area contributed by atoms with Gasteiger partial charge in [-0.05, 0) is 88.7 Å². The van der Waals surface area contributed by atoms with Gasteiger partial charge in [0, 0.05) is 42.5 Å². The molecule has 1 aromatic carbocycles. The molecule has 4 aliphatic rings. The lowest BCUT2D eigenvalue weighted by Crippen LogP contribution is -2.53. The third-order valence-electron chi connectivity index (χ3n) is 9.61. The minimum atomic E-state index is -4.47. The molecule has 2 aromatic rings. The summed E-state index contributed by atoms with van der Waals surface area (Å²) in [6.45, 7) is 12.6. The fraction of sp³-hybridized carbons (Fsp3) is 0.562. The average molecular weight is 568 g/mol. The van der Waals surface area contributed by atoms with E-state index < -0.39 is 11.7 Å². The predicted octanol–water partition coefficient (Wildman–Crippen LogP) is 5.94. The van der Waals surface area contributed by atoms with Gasteiger partial charge in [-0.25, -0.2) is 0 Å². The molecular formula is C32H40F3N5O. The second-order valence-electron chi connectivity index (χ2n) is 12.1. The third-order valence-corrected chi connectivity index (χ3v) is 9.61. The van der Waals surface area contributed by atoms with Gasteiger partial charge in [-0.3, -0.25) is 9.88 Å². The Morgan fingerprint density at radius 3 is 2.49 bits per heavy atom. The molecule has 2 atom stereocenters. The van der Waals surface area contributed by atoms with Gasteiger partial charge < -0.3 is 15.0 Å². The molecule has 1 N–H and O–H groups in total. The number of piperazine rings is 1. The summed E-state index contributed by atoms with van der Waals surface area (Å²) >= 11 is 0. The first kappa shape index (κ1) is 28.2. The minimum absolute atomic E-state index is 0.0904. The number of benzene rings is 1. The molecule has 0 aliphatic carbocycles. The van der Waals surface area contributed by atoms with Crippen molar-refractivity contribution in [3.8, 4) is 11.3 Å². The summed E-state index contributed by atoms with van der Waals surface area (Å²) in [6, 6.07) is 6.46. The van der Waals surface area contributed by atoms with Crippen LogP contribution in [0.1, 0.15) is 67.7 Å². The molecule has 6 nitrogen and oxygen atoms in total. The number of fused-ring (bicyclic) bond motifs is 3. The molecule has 0 saturated carbocycles. The van der Waals surface area contributed by atoms with E-state index in [2.05, 4.69) is 26.7 Å². The van der Waals surface area contributed by atoms with Crippen LogP contribution in [0.5, 0.6) is 0 Å². The van der Waals surface area contributed by atoms with Crippen molar-refractivity contribution >= 4 is 5.84 Å². The average Bonchev–Trinajstić information content (AvgIpc) is 3.63. The fourth-order valence-corrected chi connectivity index (χ4v) is 7.57. The Bertz CT molecular complexity index is 1320. The molecular weight excluding hydrogens is 527 g/mol. The van der Waals surface area contributed by atoms with Crippen LogP contribution in [0.25, 0.3) is 11.3 Å². The van der Waals surface area contributed by atoms with Gasteiger partial charge >= 0.3 is 6.18 Å². The van der Waals surface area contributed by atoms with E-state index in [0.29, 0.717) is 36.7 Å². The second kappa shape index (κ2) is 11.1. The molecule has 9 heteroatoms. The topological polar surface area (TPSA) is 53.0 Å². The molecule has 0 spiro atoms. The zero-order valence-electron chi connectivity index (χ0n) is 24.1. The molecule has 41 heavy (non-hydrogen) atoms. The number of rotatable bonds is 7. The highest BCUT2D eigenvalue weighted by molar-refractivity contribution is 6.01. The Balaban J connectivity index is 1.36. The van der Waals surface area contributed by atoms with Gasteiger partial charge in [0.05, 0.1) is 16.8 Å². The van der Waals surface area contributed by atoms with Crippen molar-refractivity contribution in [3.05, 3.63) is 65.2 Å². The van der Waals surface area contributed by atoms with Gasteiger partial charge in [-0.15, -0.1) is 0 Å². The Hall–Kier alpha value is -2.91. The summed E-state index contributed by atoms with van der Waals surface area (Å²) in [7, 11) is 0. The SMILES string of the molecule is C=C(/N=C(\c1cnc(-c2ccccc2C(F)(F)F)c(CC)c1C)N1CC2CCC(C1)N2)OCC12CCCN1CCC2. The maximum absolute atomic E-state index is 13.9. The Morgan fingerprint density at radius 1 is 1.15 bits per heavy atom. The third kappa shape index (κ3) is 5.39. The van der Waals surface area contributed by atoms with Crippen LogP contribution in [0.4, 0.5) is 13.2 Å². The molecule has 2 bridgehead atoms. The highest BCUT2D eigenvalue weighted by Gasteiger charge is 2.45. The predicted molar refractivity (Wildman–Crippen MR) is 155 cm³/mol. The summed E-state index contributed by atoms with van der Waals surface area (Å²) in [5.41, 5.74) is 2.41. The first-order valence-electron chi connectivity index (χ1n) is 15.0. The number of nitrogens with one attached hydrogen (secondary N) is 1. The summed E-state index contributed by atoms with van der Waals surface area (Å²) in [4.78, 5) is 14.5. The number of pyridine rings is 1. The maximum Gasteiger partial charge on any atom is 0.417 e. The van der Waals surface area contributed by atoms with Gasteiger partial charge in [-0.2, -0.15) is 18.2 Å². The van der Waals surface area contributed by atoms with E-state index in [9.17, 15) is 13.2 Å². The van der Waals surface area contributed by atoms with Gasteiger partial charge in [0.15, 0.2) is 0 Å².